The van der Waals surface area contributed by atoms with Crippen molar-refractivity contribution in [2.45, 2.75) is 39.0 Å². The Morgan fingerprint density at radius 3 is 2.56 bits per heavy atom. The average Bonchev–Trinajstić information content (AvgIpc) is 2.83. The van der Waals surface area contributed by atoms with Gasteiger partial charge in [-0.25, -0.2) is 0 Å². The van der Waals surface area contributed by atoms with E-state index < -0.39 is 5.91 Å². The van der Waals surface area contributed by atoms with Gasteiger partial charge in [0.25, 0.3) is 5.91 Å². The van der Waals surface area contributed by atoms with Crippen LogP contribution in [0.2, 0.25) is 0 Å². The Bertz CT molecular complexity index is 1160. The molecule has 0 aliphatic heterocycles. The van der Waals surface area contributed by atoms with E-state index in [-0.39, 0.29) is 17.4 Å². The van der Waals surface area contributed by atoms with Crippen LogP contribution in [0.1, 0.15) is 48.5 Å². The molecule has 0 saturated heterocycles. The zero-order valence-electron chi connectivity index (χ0n) is 19.0. The number of carbonyl (C=O) groups excluding carboxylic acids is 2. The minimum atomic E-state index is -0.393. The SMILES string of the molecule is CCCCCCOc1ccc(C(=O)NC(=S)NNC(=O)Cc2cccc3ccccc23)cc1Br. The number of carbonyl (C=O) groups is 2. The molecule has 0 heterocycles. The number of unbranched alkanes of at least 4 members (excludes halogenated alkanes) is 3. The number of benzene rings is 3. The van der Waals surface area contributed by atoms with Crippen LogP contribution < -0.4 is 20.9 Å². The molecule has 3 aromatic carbocycles. The Labute approximate surface area is 213 Å². The number of rotatable bonds is 9. The van der Waals surface area contributed by atoms with Crippen molar-refractivity contribution in [1.82, 2.24) is 16.2 Å². The molecule has 0 aliphatic rings. The first-order valence-corrected chi connectivity index (χ1v) is 12.5. The molecule has 6 nitrogen and oxygen atoms in total. The lowest BCUT2D eigenvalue weighted by molar-refractivity contribution is -0.121. The number of hydrazine groups is 1. The zero-order valence-corrected chi connectivity index (χ0v) is 21.4. The first kappa shape index (κ1) is 25.6. The highest BCUT2D eigenvalue weighted by atomic mass is 79.9. The quantitative estimate of drug-likeness (QED) is 0.191. The summed E-state index contributed by atoms with van der Waals surface area (Å²) in [6, 6.07) is 18.8. The van der Waals surface area contributed by atoms with Crippen molar-refractivity contribution in [2.24, 2.45) is 0 Å². The van der Waals surface area contributed by atoms with E-state index in [4.69, 9.17) is 17.0 Å². The smallest absolute Gasteiger partial charge is 0.257 e. The van der Waals surface area contributed by atoms with Crippen LogP contribution in [-0.4, -0.2) is 23.5 Å². The summed E-state index contributed by atoms with van der Waals surface area (Å²) in [7, 11) is 0. The lowest BCUT2D eigenvalue weighted by atomic mass is 10.0. The van der Waals surface area contributed by atoms with Crippen molar-refractivity contribution in [3.63, 3.8) is 0 Å². The lowest BCUT2D eigenvalue weighted by Gasteiger charge is -2.13. The predicted octanol–water partition coefficient (Wildman–Crippen LogP) is 5.44. The van der Waals surface area contributed by atoms with Crippen molar-refractivity contribution in [3.8, 4) is 5.75 Å². The number of thiocarbonyl (C=S) groups is 1. The summed E-state index contributed by atoms with van der Waals surface area (Å²) in [6.07, 6.45) is 4.68. The van der Waals surface area contributed by atoms with Gasteiger partial charge in [-0.2, -0.15) is 0 Å². The van der Waals surface area contributed by atoms with Crippen molar-refractivity contribution < 1.29 is 14.3 Å². The van der Waals surface area contributed by atoms with E-state index in [9.17, 15) is 9.59 Å². The highest BCUT2D eigenvalue weighted by Crippen LogP contribution is 2.26. The third-order valence-electron chi connectivity index (χ3n) is 5.22. The molecule has 0 unspecified atom stereocenters. The van der Waals surface area contributed by atoms with E-state index in [1.807, 2.05) is 42.5 Å². The summed E-state index contributed by atoms with van der Waals surface area (Å²) in [5.74, 6) is 0.0292. The van der Waals surface area contributed by atoms with Gasteiger partial charge in [-0.3, -0.25) is 25.8 Å². The molecule has 0 bridgehead atoms. The van der Waals surface area contributed by atoms with E-state index in [1.54, 1.807) is 18.2 Å². The summed E-state index contributed by atoms with van der Waals surface area (Å²) in [5.41, 5.74) is 6.44. The first-order valence-electron chi connectivity index (χ1n) is 11.3. The fourth-order valence-corrected chi connectivity index (χ4v) is 4.10. The van der Waals surface area contributed by atoms with Gasteiger partial charge in [0, 0.05) is 5.56 Å². The van der Waals surface area contributed by atoms with Gasteiger partial charge in [0.2, 0.25) is 5.91 Å². The Kier molecular flexibility index (Phi) is 9.85. The summed E-state index contributed by atoms with van der Waals surface area (Å²) in [6.45, 7) is 2.80. The summed E-state index contributed by atoms with van der Waals surface area (Å²) in [4.78, 5) is 24.9. The van der Waals surface area contributed by atoms with E-state index >= 15 is 0 Å². The second-order valence-electron chi connectivity index (χ2n) is 7.83. The monoisotopic (exact) mass is 541 g/mol. The standard InChI is InChI=1S/C26H28BrN3O3S/c1-2-3-4-7-15-33-23-14-13-20(16-22(23)27)25(32)28-26(34)30-29-24(31)17-19-11-8-10-18-9-5-6-12-21(18)19/h5-6,8-14,16H,2-4,7,15,17H2,1H3,(H,29,31)(H2,28,30,32,34). The highest BCUT2D eigenvalue weighted by Gasteiger charge is 2.12. The molecule has 3 rings (SSSR count). The molecule has 178 valence electrons. The fraction of sp³-hybridized carbons (Fsp3) is 0.269. The van der Waals surface area contributed by atoms with E-state index in [1.165, 1.54) is 12.8 Å². The van der Waals surface area contributed by atoms with Crippen molar-refractivity contribution in [2.75, 3.05) is 6.61 Å². The molecule has 0 aliphatic carbocycles. The number of ether oxygens (including phenoxy) is 1. The van der Waals surface area contributed by atoms with Crippen LogP contribution in [0.15, 0.2) is 65.1 Å². The predicted molar refractivity (Wildman–Crippen MR) is 143 cm³/mol. The Hall–Kier alpha value is -2.97. The van der Waals surface area contributed by atoms with Gasteiger partial charge in [0.15, 0.2) is 5.11 Å². The molecule has 0 radical (unpaired) electrons. The molecule has 0 fully saturated rings. The van der Waals surface area contributed by atoms with Crippen LogP contribution in [0.25, 0.3) is 10.8 Å². The van der Waals surface area contributed by atoms with Crippen LogP contribution in [-0.2, 0) is 11.2 Å². The Morgan fingerprint density at radius 1 is 0.971 bits per heavy atom. The maximum Gasteiger partial charge on any atom is 0.257 e. The number of amides is 2. The largest absolute Gasteiger partial charge is 0.492 e. The van der Waals surface area contributed by atoms with Gasteiger partial charge >= 0.3 is 0 Å². The van der Waals surface area contributed by atoms with E-state index in [2.05, 4.69) is 39.0 Å². The third kappa shape index (κ3) is 7.53. The van der Waals surface area contributed by atoms with Gasteiger partial charge in [-0.05, 0) is 69.1 Å². The van der Waals surface area contributed by atoms with E-state index in [0.717, 1.165) is 29.2 Å². The van der Waals surface area contributed by atoms with Gasteiger partial charge in [0.05, 0.1) is 17.5 Å². The highest BCUT2D eigenvalue weighted by molar-refractivity contribution is 9.10. The normalized spacial score (nSPS) is 10.5. The van der Waals surface area contributed by atoms with Gasteiger partial charge in [0.1, 0.15) is 5.75 Å². The minimum Gasteiger partial charge on any atom is -0.492 e. The molecule has 2 amide bonds. The second-order valence-corrected chi connectivity index (χ2v) is 9.09. The maximum atomic E-state index is 12.5. The second kappa shape index (κ2) is 13.1. The average molecular weight is 542 g/mol. The van der Waals surface area contributed by atoms with E-state index in [0.29, 0.717) is 22.4 Å². The van der Waals surface area contributed by atoms with Crippen molar-refractivity contribution in [3.05, 3.63) is 76.3 Å². The van der Waals surface area contributed by atoms with Gasteiger partial charge in [-0.1, -0.05) is 68.7 Å². The molecule has 8 heteroatoms. The minimum absolute atomic E-state index is 0.00337. The molecule has 3 aromatic rings. The van der Waals surface area contributed by atoms with Crippen LogP contribution in [0.5, 0.6) is 5.75 Å². The molecule has 3 N–H and O–H groups in total. The van der Waals surface area contributed by atoms with Crippen LogP contribution in [0, 0.1) is 0 Å². The maximum absolute atomic E-state index is 12.5. The van der Waals surface area contributed by atoms with Gasteiger partial charge < -0.3 is 4.74 Å². The van der Waals surface area contributed by atoms with Crippen LogP contribution in [0.3, 0.4) is 0 Å². The molecule has 34 heavy (non-hydrogen) atoms. The third-order valence-corrected chi connectivity index (χ3v) is 6.05. The number of fused-ring (bicyclic) bond motifs is 1. The molecule has 0 atom stereocenters. The van der Waals surface area contributed by atoms with Gasteiger partial charge in [-0.15, -0.1) is 0 Å². The summed E-state index contributed by atoms with van der Waals surface area (Å²) >= 11 is 8.60. The van der Waals surface area contributed by atoms with Crippen LogP contribution >= 0.6 is 28.1 Å². The summed E-state index contributed by atoms with van der Waals surface area (Å²) < 4.78 is 6.47. The zero-order chi connectivity index (χ0) is 24.3. The molecule has 0 aromatic heterocycles. The number of hydrogen-bond donors (Lipinski definition) is 3. The molecular weight excluding hydrogens is 514 g/mol. The lowest BCUT2D eigenvalue weighted by Crippen LogP contribution is -2.48. The molecular formula is C26H28BrN3O3S. The first-order chi connectivity index (χ1) is 16.5. The number of hydrogen-bond acceptors (Lipinski definition) is 4. The van der Waals surface area contributed by atoms with Crippen LogP contribution in [0.4, 0.5) is 0 Å². The fourth-order valence-electron chi connectivity index (χ4n) is 3.47. The Balaban J connectivity index is 1.46. The Morgan fingerprint density at radius 2 is 1.76 bits per heavy atom. The summed E-state index contributed by atoms with van der Waals surface area (Å²) in [5, 5.41) is 4.66. The van der Waals surface area contributed by atoms with Crippen molar-refractivity contribution in [1.29, 1.82) is 0 Å². The molecule has 0 saturated carbocycles. The number of halogens is 1. The van der Waals surface area contributed by atoms with Crippen molar-refractivity contribution >= 4 is 55.8 Å². The topological polar surface area (TPSA) is 79.5 Å². The molecule has 0 spiro atoms. The number of nitrogens with one attached hydrogen (secondary N) is 3.